The number of hydrogen-bond donors (Lipinski definition) is 2. The minimum atomic E-state index is -1.32. The van der Waals surface area contributed by atoms with E-state index in [0.29, 0.717) is 0 Å². The van der Waals surface area contributed by atoms with Gasteiger partial charge in [0.25, 0.3) is 0 Å². The van der Waals surface area contributed by atoms with Gasteiger partial charge >= 0.3 is 19.5 Å². The van der Waals surface area contributed by atoms with E-state index in [0.717, 1.165) is 0 Å². The van der Waals surface area contributed by atoms with E-state index in [2.05, 4.69) is 0 Å². The number of carboxylic acids is 2. The second-order valence-corrected chi connectivity index (χ2v) is 2.06. The summed E-state index contributed by atoms with van der Waals surface area (Å²) in [7, 11) is 0. The molecule has 15 heavy (non-hydrogen) atoms. The second-order valence-electron chi connectivity index (χ2n) is 2.06. The standard InChI is InChI=1S/2C4H7NO2.Zn/c2*1-2-3(5)4(6)7;/h2*2H,5H2,1H3,(H,6,7);/q;;+2/p-2/b2*3-2-;. The largest absolute Gasteiger partial charge is 2.00 e. The maximum absolute atomic E-state index is 9.63. The number of nitrogens with two attached hydrogens (primary N) is 2. The quantitative estimate of drug-likeness (QED) is 0.409. The first-order valence-electron chi connectivity index (χ1n) is 3.63. The molecule has 0 heterocycles. The van der Waals surface area contributed by atoms with Gasteiger partial charge < -0.3 is 31.3 Å². The molecule has 0 aliphatic heterocycles. The SMILES string of the molecule is C/C=C(\N)C(=O)[O-].C/C=C(\N)C(=O)[O-].[Zn+2]. The number of carbonyl (C=O) groups excluding carboxylic acids is 2. The van der Waals surface area contributed by atoms with Crippen molar-refractivity contribution in [3.05, 3.63) is 23.5 Å². The smallest absolute Gasteiger partial charge is 0.543 e. The van der Waals surface area contributed by atoms with Crippen molar-refractivity contribution >= 4 is 11.9 Å². The zero-order valence-corrected chi connectivity index (χ0v) is 11.6. The van der Waals surface area contributed by atoms with Crippen LogP contribution in [0.3, 0.4) is 0 Å². The molecule has 0 rings (SSSR count). The summed E-state index contributed by atoms with van der Waals surface area (Å²) in [5.41, 5.74) is 9.19. The normalized spacial score (nSPS) is 10.5. The average Bonchev–Trinajstić information content (AvgIpc) is 2.15. The fourth-order valence-electron chi connectivity index (χ4n) is 0.236. The third kappa shape index (κ3) is 12.6. The molecule has 0 aromatic heterocycles. The van der Waals surface area contributed by atoms with Crippen LogP contribution in [0.4, 0.5) is 0 Å². The van der Waals surface area contributed by atoms with Gasteiger partial charge in [0.15, 0.2) is 0 Å². The van der Waals surface area contributed by atoms with Crippen LogP contribution in [0.1, 0.15) is 13.8 Å². The number of carbonyl (C=O) groups is 2. The molecule has 0 saturated heterocycles. The molecule has 0 amide bonds. The molecule has 0 atom stereocenters. The number of allylic oxidation sites excluding steroid dienone is 2. The van der Waals surface area contributed by atoms with E-state index in [1.165, 1.54) is 26.0 Å². The van der Waals surface area contributed by atoms with Crippen molar-refractivity contribution in [2.45, 2.75) is 13.8 Å². The molecule has 0 spiro atoms. The zero-order chi connectivity index (χ0) is 11.7. The van der Waals surface area contributed by atoms with Gasteiger partial charge in [0.2, 0.25) is 0 Å². The van der Waals surface area contributed by atoms with Crippen molar-refractivity contribution in [1.82, 2.24) is 0 Å². The van der Waals surface area contributed by atoms with E-state index in [9.17, 15) is 19.8 Å². The first-order chi connectivity index (χ1) is 6.36. The maximum Gasteiger partial charge on any atom is 2.00 e. The fraction of sp³-hybridized carbons (Fsp3) is 0.250. The summed E-state index contributed by atoms with van der Waals surface area (Å²) >= 11 is 0. The molecule has 0 aliphatic rings. The van der Waals surface area contributed by atoms with E-state index in [1.807, 2.05) is 0 Å². The second kappa shape index (κ2) is 10.7. The Morgan fingerprint density at radius 1 is 0.933 bits per heavy atom. The van der Waals surface area contributed by atoms with Crippen molar-refractivity contribution in [3.63, 3.8) is 0 Å². The van der Waals surface area contributed by atoms with Crippen molar-refractivity contribution in [2.24, 2.45) is 11.5 Å². The van der Waals surface area contributed by atoms with E-state index in [1.54, 1.807) is 0 Å². The Balaban J connectivity index is -0.000000180. The van der Waals surface area contributed by atoms with Crippen LogP contribution in [0.2, 0.25) is 0 Å². The summed E-state index contributed by atoms with van der Waals surface area (Å²) in [6, 6.07) is 0. The predicted octanol–water partition coefficient (Wildman–Crippen LogP) is -2.80. The monoisotopic (exact) mass is 264 g/mol. The minimum absolute atomic E-state index is 0. The molecule has 0 saturated carbocycles. The summed E-state index contributed by atoms with van der Waals surface area (Å²) in [6.45, 7) is 3.07. The van der Waals surface area contributed by atoms with Crippen molar-refractivity contribution in [1.29, 1.82) is 0 Å². The van der Waals surface area contributed by atoms with Crippen molar-refractivity contribution < 1.29 is 39.3 Å². The van der Waals surface area contributed by atoms with E-state index >= 15 is 0 Å². The van der Waals surface area contributed by atoms with Crippen molar-refractivity contribution in [2.75, 3.05) is 0 Å². The molecule has 0 aromatic carbocycles. The summed E-state index contributed by atoms with van der Waals surface area (Å²) in [5.74, 6) is -2.63. The predicted molar refractivity (Wildman–Crippen MR) is 45.9 cm³/mol. The Hall–Kier alpha value is -1.36. The van der Waals surface area contributed by atoms with Gasteiger partial charge in [0.1, 0.15) is 0 Å². The van der Waals surface area contributed by atoms with Crippen LogP contribution in [0.5, 0.6) is 0 Å². The molecule has 4 N–H and O–H groups in total. The molecule has 0 radical (unpaired) electrons. The summed E-state index contributed by atoms with van der Waals surface area (Å²) in [6.07, 6.45) is 2.55. The van der Waals surface area contributed by atoms with Gasteiger partial charge in [-0.15, -0.1) is 0 Å². The molecule has 0 unspecified atom stereocenters. The number of aliphatic carboxylic acids is 2. The van der Waals surface area contributed by atoms with Crippen molar-refractivity contribution in [3.8, 4) is 0 Å². The first kappa shape index (κ1) is 19.3. The molecule has 0 bridgehead atoms. The average molecular weight is 266 g/mol. The summed E-state index contributed by atoms with van der Waals surface area (Å²) in [5, 5.41) is 19.3. The van der Waals surface area contributed by atoms with Crippen LogP contribution in [-0.4, -0.2) is 11.9 Å². The Morgan fingerprint density at radius 2 is 1.13 bits per heavy atom. The minimum Gasteiger partial charge on any atom is -0.543 e. The van der Waals surface area contributed by atoms with E-state index < -0.39 is 11.9 Å². The fourth-order valence-corrected chi connectivity index (χ4v) is 0.236. The molecular weight excluding hydrogens is 253 g/mol. The van der Waals surface area contributed by atoms with Gasteiger partial charge in [-0.3, -0.25) is 0 Å². The van der Waals surface area contributed by atoms with Crippen LogP contribution in [0.15, 0.2) is 23.5 Å². The first-order valence-corrected chi connectivity index (χ1v) is 3.63. The third-order valence-corrected chi connectivity index (χ3v) is 1.09. The van der Waals surface area contributed by atoms with Crippen LogP contribution in [0.25, 0.3) is 0 Å². The molecular formula is C8H12N2O4Zn. The summed E-state index contributed by atoms with van der Waals surface area (Å²) < 4.78 is 0. The van der Waals surface area contributed by atoms with Crippen LogP contribution in [0, 0.1) is 0 Å². The van der Waals surface area contributed by atoms with Gasteiger partial charge in [-0.1, -0.05) is 12.2 Å². The molecule has 6 nitrogen and oxygen atoms in total. The zero-order valence-electron chi connectivity index (χ0n) is 8.65. The molecule has 80 valence electrons. The third-order valence-electron chi connectivity index (χ3n) is 1.09. The Morgan fingerprint density at radius 3 is 1.13 bits per heavy atom. The van der Waals surface area contributed by atoms with Gasteiger partial charge in [-0.05, 0) is 13.8 Å². The Bertz CT molecular complexity index is 246. The molecule has 0 aromatic rings. The molecule has 0 aliphatic carbocycles. The van der Waals surface area contributed by atoms with Gasteiger partial charge in [-0.2, -0.15) is 0 Å². The molecule has 7 heteroatoms. The summed E-state index contributed by atoms with van der Waals surface area (Å²) in [4.78, 5) is 19.3. The number of hydrogen-bond acceptors (Lipinski definition) is 6. The number of carboxylic acid groups (broad SMARTS) is 2. The van der Waals surface area contributed by atoms with Gasteiger partial charge in [-0.25, -0.2) is 0 Å². The Labute approximate surface area is 100 Å². The van der Waals surface area contributed by atoms with Crippen LogP contribution in [-0.2, 0) is 29.1 Å². The van der Waals surface area contributed by atoms with Crippen LogP contribution < -0.4 is 21.7 Å². The number of rotatable bonds is 2. The Kier molecular flexibility index (Phi) is 13.8. The maximum atomic E-state index is 9.63. The van der Waals surface area contributed by atoms with E-state index in [4.69, 9.17) is 11.5 Å². The topological polar surface area (TPSA) is 132 Å². The van der Waals surface area contributed by atoms with Gasteiger partial charge in [0.05, 0.1) is 23.3 Å². The van der Waals surface area contributed by atoms with E-state index in [-0.39, 0.29) is 30.9 Å². The van der Waals surface area contributed by atoms with Gasteiger partial charge in [0, 0.05) is 0 Å². The molecule has 0 fully saturated rings. The van der Waals surface area contributed by atoms with Crippen LogP contribution >= 0.6 is 0 Å².